The molecule has 0 fully saturated rings. The zero-order valence-electron chi connectivity index (χ0n) is 13.6. The summed E-state index contributed by atoms with van der Waals surface area (Å²) in [7, 11) is 0. The molecule has 0 unspecified atom stereocenters. The number of benzene rings is 2. The third-order valence-electron chi connectivity index (χ3n) is 3.79. The first-order chi connectivity index (χ1) is 12.4. The van der Waals surface area contributed by atoms with Crippen molar-refractivity contribution in [2.75, 3.05) is 6.54 Å². The van der Waals surface area contributed by atoms with Crippen LogP contribution in [0.25, 0.3) is 0 Å². The summed E-state index contributed by atoms with van der Waals surface area (Å²) in [6, 6.07) is 11.1. The van der Waals surface area contributed by atoms with Gasteiger partial charge >= 0.3 is 0 Å². The highest BCUT2D eigenvalue weighted by molar-refractivity contribution is 6.36. The minimum absolute atomic E-state index is 0.0268. The summed E-state index contributed by atoms with van der Waals surface area (Å²) in [6.07, 6.45) is 0. The number of rotatable bonds is 4. The Hall–Kier alpha value is -2.70. The van der Waals surface area contributed by atoms with Crippen LogP contribution in [0.4, 0.5) is 0 Å². The third kappa shape index (κ3) is 3.47. The fourth-order valence-electron chi connectivity index (χ4n) is 2.53. The molecule has 6 nitrogen and oxygen atoms in total. The number of halogens is 2. The lowest BCUT2D eigenvalue weighted by Gasteiger charge is -2.13. The number of amides is 3. The Kier molecular flexibility index (Phi) is 5.06. The molecule has 0 aromatic heterocycles. The molecular formula is C18H13Cl2N3O3. The van der Waals surface area contributed by atoms with E-state index >= 15 is 0 Å². The average molecular weight is 390 g/mol. The van der Waals surface area contributed by atoms with Crippen LogP contribution >= 0.6 is 23.2 Å². The molecule has 1 N–H and O–H groups in total. The minimum atomic E-state index is -0.520. The molecule has 2 aromatic carbocycles. The van der Waals surface area contributed by atoms with Gasteiger partial charge in [0.05, 0.1) is 34.0 Å². The Morgan fingerprint density at radius 1 is 1.08 bits per heavy atom. The first-order valence-electron chi connectivity index (χ1n) is 7.62. The number of carbonyl (C=O) groups excluding carboxylic acids is 3. The van der Waals surface area contributed by atoms with Crippen molar-refractivity contribution in [1.82, 2.24) is 10.3 Å². The molecule has 132 valence electrons. The highest BCUT2D eigenvalue weighted by Crippen LogP contribution is 2.22. The Morgan fingerprint density at radius 3 is 2.27 bits per heavy atom. The van der Waals surface area contributed by atoms with E-state index in [4.69, 9.17) is 23.2 Å². The van der Waals surface area contributed by atoms with Crippen molar-refractivity contribution in [3.8, 4) is 0 Å². The summed E-state index contributed by atoms with van der Waals surface area (Å²) in [5, 5.41) is 4.55. The molecule has 3 rings (SSSR count). The lowest BCUT2D eigenvalue weighted by atomic mass is 10.1. The third-order valence-corrected chi connectivity index (χ3v) is 4.34. The van der Waals surface area contributed by atoms with Gasteiger partial charge in [0.2, 0.25) is 0 Å². The predicted octanol–water partition coefficient (Wildman–Crippen LogP) is 3.40. The normalized spacial score (nSPS) is 13.8. The van der Waals surface area contributed by atoms with E-state index in [0.29, 0.717) is 21.9 Å². The molecular weight excluding hydrogens is 377 g/mol. The molecule has 1 aliphatic heterocycles. The molecule has 0 saturated carbocycles. The van der Waals surface area contributed by atoms with E-state index in [1.54, 1.807) is 31.2 Å². The van der Waals surface area contributed by atoms with Gasteiger partial charge in [0.15, 0.2) is 0 Å². The van der Waals surface area contributed by atoms with Crippen molar-refractivity contribution in [3.63, 3.8) is 0 Å². The number of imide groups is 1. The lowest BCUT2D eigenvalue weighted by Crippen LogP contribution is -2.35. The van der Waals surface area contributed by atoms with Crippen LogP contribution in [0.3, 0.4) is 0 Å². The molecule has 1 aliphatic rings. The van der Waals surface area contributed by atoms with Crippen LogP contribution in [0.1, 0.15) is 38.0 Å². The number of hydrazone groups is 1. The largest absolute Gasteiger partial charge is 0.272 e. The van der Waals surface area contributed by atoms with Gasteiger partial charge in [0.1, 0.15) is 0 Å². The SMILES string of the molecule is C/C(CN1C(=O)c2ccccc2C1=O)=N\NC(=O)c1ccc(Cl)cc1Cl. The Bertz CT molecular complexity index is 921. The second kappa shape index (κ2) is 7.27. The second-order valence-corrected chi connectivity index (χ2v) is 6.50. The van der Waals surface area contributed by atoms with Gasteiger partial charge in [-0.2, -0.15) is 5.10 Å². The summed E-state index contributed by atoms with van der Waals surface area (Å²) >= 11 is 11.8. The minimum Gasteiger partial charge on any atom is -0.269 e. The Labute approximate surface area is 159 Å². The van der Waals surface area contributed by atoms with Crippen LogP contribution in [-0.2, 0) is 0 Å². The number of hydrogen-bond donors (Lipinski definition) is 1. The molecule has 26 heavy (non-hydrogen) atoms. The van der Waals surface area contributed by atoms with Crippen LogP contribution in [0.5, 0.6) is 0 Å². The summed E-state index contributed by atoms with van der Waals surface area (Å²) in [6.45, 7) is 1.58. The van der Waals surface area contributed by atoms with Crippen LogP contribution < -0.4 is 5.43 Å². The van der Waals surface area contributed by atoms with Gasteiger partial charge in [0, 0.05) is 5.02 Å². The van der Waals surface area contributed by atoms with Crippen molar-refractivity contribution in [2.45, 2.75) is 6.92 Å². The molecule has 0 bridgehead atoms. The van der Waals surface area contributed by atoms with E-state index in [-0.39, 0.29) is 28.9 Å². The quantitative estimate of drug-likeness (QED) is 0.494. The summed E-state index contributed by atoms with van der Waals surface area (Å²) in [5.74, 6) is -1.28. The van der Waals surface area contributed by atoms with E-state index < -0.39 is 5.91 Å². The number of carbonyl (C=O) groups is 3. The monoisotopic (exact) mass is 389 g/mol. The number of fused-ring (bicyclic) bond motifs is 1. The van der Waals surface area contributed by atoms with Gasteiger partial charge < -0.3 is 0 Å². The van der Waals surface area contributed by atoms with Crippen molar-refractivity contribution in [1.29, 1.82) is 0 Å². The Morgan fingerprint density at radius 2 is 1.69 bits per heavy atom. The summed E-state index contributed by atoms with van der Waals surface area (Å²) < 4.78 is 0. The first-order valence-corrected chi connectivity index (χ1v) is 8.38. The highest BCUT2D eigenvalue weighted by atomic mass is 35.5. The highest BCUT2D eigenvalue weighted by Gasteiger charge is 2.35. The smallest absolute Gasteiger partial charge is 0.269 e. The molecule has 0 aliphatic carbocycles. The topological polar surface area (TPSA) is 78.8 Å². The van der Waals surface area contributed by atoms with E-state index in [0.717, 1.165) is 4.90 Å². The maximum Gasteiger partial charge on any atom is 0.272 e. The van der Waals surface area contributed by atoms with Crippen LogP contribution in [-0.4, -0.2) is 34.9 Å². The molecule has 8 heteroatoms. The van der Waals surface area contributed by atoms with Crippen molar-refractivity contribution >= 4 is 46.6 Å². The molecule has 0 saturated heterocycles. The van der Waals surface area contributed by atoms with Gasteiger partial charge in [-0.15, -0.1) is 0 Å². The van der Waals surface area contributed by atoms with Gasteiger partial charge in [-0.05, 0) is 37.3 Å². The van der Waals surface area contributed by atoms with E-state index in [9.17, 15) is 14.4 Å². The molecule has 3 amide bonds. The fourth-order valence-corrected chi connectivity index (χ4v) is 3.02. The van der Waals surface area contributed by atoms with E-state index in [1.807, 2.05) is 0 Å². The molecule has 1 heterocycles. The van der Waals surface area contributed by atoms with Crippen molar-refractivity contribution in [2.24, 2.45) is 5.10 Å². The van der Waals surface area contributed by atoms with E-state index in [1.165, 1.54) is 18.2 Å². The summed E-state index contributed by atoms with van der Waals surface area (Å²) in [5.41, 5.74) is 3.69. The zero-order chi connectivity index (χ0) is 18.8. The van der Waals surface area contributed by atoms with Crippen molar-refractivity contribution < 1.29 is 14.4 Å². The van der Waals surface area contributed by atoms with Crippen LogP contribution in [0, 0.1) is 0 Å². The van der Waals surface area contributed by atoms with Crippen LogP contribution in [0.2, 0.25) is 10.0 Å². The van der Waals surface area contributed by atoms with Gasteiger partial charge in [-0.25, -0.2) is 5.43 Å². The van der Waals surface area contributed by atoms with Crippen molar-refractivity contribution in [3.05, 3.63) is 69.2 Å². The van der Waals surface area contributed by atoms with Gasteiger partial charge in [-0.1, -0.05) is 35.3 Å². The van der Waals surface area contributed by atoms with Gasteiger partial charge in [0.25, 0.3) is 17.7 Å². The van der Waals surface area contributed by atoms with E-state index in [2.05, 4.69) is 10.5 Å². The zero-order valence-corrected chi connectivity index (χ0v) is 15.1. The van der Waals surface area contributed by atoms with Crippen LogP contribution in [0.15, 0.2) is 47.6 Å². The first kappa shape index (κ1) is 18.1. The second-order valence-electron chi connectivity index (χ2n) is 5.65. The number of nitrogens with one attached hydrogen (secondary N) is 1. The molecule has 0 atom stereocenters. The van der Waals surface area contributed by atoms with Gasteiger partial charge in [-0.3, -0.25) is 19.3 Å². The fraction of sp³-hybridized carbons (Fsp3) is 0.111. The standard InChI is InChI=1S/C18H13Cl2N3O3/c1-10(21-22-16(24)14-7-6-11(19)8-15(14)20)9-23-17(25)12-4-2-3-5-13(12)18(23)26/h2-8H,9H2,1H3,(H,22,24)/b21-10+. The molecule has 2 aromatic rings. The number of hydrogen-bond acceptors (Lipinski definition) is 4. The lowest BCUT2D eigenvalue weighted by molar-refractivity contribution is 0.0677. The predicted molar refractivity (Wildman–Crippen MR) is 98.8 cm³/mol. The maximum atomic E-state index is 12.3. The Balaban J connectivity index is 1.69. The molecule has 0 radical (unpaired) electrons. The average Bonchev–Trinajstić information content (AvgIpc) is 2.85. The molecule has 0 spiro atoms. The summed E-state index contributed by atoms with van der Waals surface area (Å²) in [4.78, 5) is 37.8. The maximum absolute atomic E-state index is 12.3. The number of nitrogens with zero attached hydrogens (tertiary/aromatic N) is 2.